The lowest BCUT2D eigenvalue weighted by Gasteiger charge is -2.18. The highest BCUT2D eigenvalue weighted by atomic mass is 32.2. The Balaban J connectivity index is 2.45. The van der Waals surface area contributed by atoms with Gasteiger partial charge in [0.2, 0.25) is 5.91 Å². The van der Waals surface area contributed by atoms with E-state index in [9.17, 15) is 9.59 Å². The first-order valence-electron chi connectivity index (χ1n) is 5.16. The average Bonchev–Trinajstić information content (AvgIpc) is 2.34. The molecule has 0 spiro atoms. The molecule has 1 heterocycles. The minimum absolute atomic E-state index is 0.170. The number of rotatable bonds is 6. The number of carboxylic acids is 1. The van der Waals surface area contributed by atoms with Crippen molar-refractivity contribution in [3.8, 4) is 0 Å². The van der Waals surface area contributed by atoms with Crippen molar-refractivity contribution in [3.63, 3.8) is 0 Å². The maximum Gasteiger partial charge on any atom is 0.323 e. The molecule has 0 fully saturated rings. The van der Waals surface area contributed by atoms with E-state index in [4.69, 9.17) is 5.11 Å². The fourth-order valence-electron chi connectivity index (χ4n) is 1.21. The van der Waals surface area contributed by atoms with Gasteiger partial charge in [-0.05, 0) is 19.1 Å². The molecule has 0 bridgehead atoms. The summed E-state index contributed by atoms with van der Waals surface area (Å²) in [7, 11) is 0. The molecule has 0 saturated carbocycles. The molecule has 1 amide bonds. The number of likely N-dealkylation sites (N-methyl/N-ethyl adjacent to an activating group) is 1. The minimum atomic E-state index is -0.992. The molecule has 0 aliphatic rings. The lowest BCUT2D eigenvalue weighted by molar-refractivity contribution is -0.143. The van der Waals surface area contributed by atoms with E-state index in [-0.39, 0.29) is 18.2 Å². The third-order valence-corrected chi connectivity index (χ3v) is 3.07. The van der Waals surface area contributed by atoms with Gasteiger partial charge in [0.25, 0.3) is 0 Å². The van der Waals surface area contributed by atoms with Crippen LogP contribution < -0.4 is 0 Å². The zero-order chi connectivity index (χ0) is 12.7. The van der Waals surface area contributed by atoms with Gasteiger partial charge in [-0.2, -0.15) is 0 Å². The van der Waals surface area contributed by atoms with Gasteiger partial charge in [0, 0.05) is 23.8 Å². The van der Waals surface area contributed by atoms with Gasteiger partial charge in [-0.15, -0.1) is 11.8 Å². The Morgan fingerprint density at radius 1 is 1.41 bits per heavy atom. The van der Waals surface area contributed by atoms with Crippen molar-refractivity contribution in [1.82, 2.24) is 9.88 Å². The number of carboxylic acid groups (broad SMARTS) is 1. The molecule has 1 N–H and O–H groups in total. The standard InChI is InChI=1S/C11H14N2O3S/c1-2-13(7-11(15)16)10(14)8-17-9-3-5-12-6-4-9/h3-6H,2,7-8H2,1H3,(H,15,16). The molecule has 0 unspecified atom stereocenters. The smallest absolute Gasteiger partial charge is 0.323 e. The van der Waals surface area contributed by atoms with E-state index in [1.807, 2.05) is 12.1 Å². The first-order chi connectivity index (χ1) is 8.13. The summed E-state index contributed by atoms with van der Waals surface area (Å²) < 4.78 is 0. The number of pyridine rings is 1. The second-order valence-corrected chi connectivity index (χ2v) is 4.32. The van der Waals surface area contributed by atoms with Gasteiger partial charge in [-0.1, -0.05) is 0 Å². The molecule has 0 saturated heterocycles. The summed E-state index contributed by atoms with van der Waals surface area (Å²) in [6.45, 7) is 1.92. The highest BCUT2D eigenvalue weighted by molar-refractivity contribution is 8.00. The molecule has 1 aromatic rings. The molecule has 92 valence electrons. The maximum atomic E-state index is 11.7. The fourth-order valence-corrected chi connectivity index (χ4v) is 2.00. The van der Waals surface area contributed by atoms with Gasteiger partial charge < -0.3 is 10.0 Å². The highest BCUT2D eigenvalue weighted by Gasteiger charge is 2.14. The molecule has 1 rings (SSSR count). The minimum Gasteiger partial charge on any atom is -0.480 e. The summed E-state index contributed by atoms with van der Waals surface area (Å²) in [5, 5.41) is 8.64. The van der Waals surface area contributed by atoms with Gasteiger partial charge in [0.15, 0.2) is 0 Å². The Morgan fingerprint density at radius 3 is 2.59 bits per heavy atom. The third kappa shape index (κ3) is 4.86. The number of thioether (sulfide) groups is 1. The van der Waals surface area contributed by atoms with Gasteiger partial charge >= 0.3 is 5.97 Å². The number of carbonyl (C=O) groups excluding carboxylic acids is 1. The third-order valence-electron chi connectivity index (χ3n) is 2.07. The normalized spacial score (nSPS) is 9.94. The van der Waals surface area contributed by atoms with Crippen LogP contribution in [0.2, 0.25) is 0 Å². The van der Waals surface area contributed by atoms with Crippen LogP contribution in [0.3, 0.4) is 0 Å². The van der Waals surface area contributed by atoms with Crippen LogP contribution in [0.5, 0.6) is 0 Å². The fraction of sp³-hybridized carbons (Fsp3) is 0.364. The summed E-state index contributed by atoms with van der Waals surface area (Å²) in [4.78, 5) is 28.4. The van der Waals surface area contributed by atoms with Gasteiger partial charge in [0.1, 0.15) is 6.54 Å². The van der Waals surface area contributed by atoms with Crippen LogP contribution in [-0.4, -0.2) is 45.7 Å². The van der Waals surface area contributed by atoms with Crippen molar-refractivity contribution in [2.75, 3.05) is 18.8 Å². The molecule has 17 heavy (non-hydrogen) atoms. The van der Waals surface area contributed by atoms with Crippen LogP contribution >= 0.6 is 11.8 Å². The summed E-state index contributed by atoms with van der Waals surface area (Å²) in [5.74, 6) is -0.920. The van der Waals surface area contributed by atoms with Gasteiger partial charge in [-0.3, -0.25) is 14.6 Å². The van der Waals surface area contributed by atoms with E-state index in [0.29, 0.717) is 6.54 Å². The van der Waals surface area contributed by atoms with E-state index in [2.05, 4.69) is 4.98 Å². The predicted octanol–water partition coefficient (Wildman–Crippen LogP) is 1.11. The van der Waals surface area contributed by atoms with Crippen LogP contribution in [0, 0.1) is 0 Å². The topological polar surface area (TPSA) is 70.5 Å². The number of aliphatic carboxylic acids is 1. The van der Waals surface area contributed by atoms with E-state index in [1.165, 1.54) is 16.7 Å². The monoisotopic (exact) mass is 254 g/mol. The lowest BCUT2D eigenvalue weighted by Crippen LogP contribution is -2.36. The van der Waals surface area contributed by atoms with E-state index in [1.54, 1.807) is 19.3 Å². The van der Waals surface area contributed by atoms with Crippen molar-refractivity contribution >= 4 is 23.6 Å². The summed E-state index contributed by atoms with van der Waals surface area (Å²) in [5.41, 5.74) is 0. The molecule has 0 aromatic carbocycles. The number of hydrogen-bond donors (Lipinski definition) is 1. The molecule has 0 aliphatic carbocycles. The number of amides is 1. The molecule has 5 nitrogen and oxygen atoms in total. The molecule has 1 aromatic heterocycles. The largest absolute Gasteiger partial charge is 0.480 e. The van der Waals surface area contributed by atoms with Crippen LogP contribution in [0.4, 0.5) is 0 Å². The first-order valence-corrected chi connectivity index (χ1v) is 6.14. The number of nitrogens with zero attached hydrogens (tertiary/aromatic N) is 2. The molecular formula is C11H14N2O3S. The number of aromatic nitrogens is 1. The zero-order valence-corrected chi connectivity index (χ0v) is 10.3. The number of hydrogen-bond acceptors (Lipinski definition) is 4. The van der Waals surface area contributed by atoms with Crippen LogP contribution in [0.15, 0.2) is 29.4 Å². The zero-order valence-electron chi connectivity index (χ0n) is 9.50. The van der Waals surface area contributed by atoms with Crippen molar-refractivity contribution in [3.05, 3.63) is 24.5 Å². The van der Waals surface area contributed by atoms with E-state index in [0.717, 1.165) is 4.90 Å². The van der Waals surface area contributed by atoms with Crippen molar-refractivity contribution in [2.45, 2.75) is 11.8 Å². The van der Waals surface area contributed by atoms with Crippen LogP contribution in [-0.2, 0) is 9.59 Å². The number of carbonyl (C=O) groups is 2. The van der Waals surface area contributed by atoms with E-state index >= 15 is 0 Å². The molecule has 0 atom stereocenters. The van der Waals surface area contributed by atoms with Crippen molar-refractivity contribution in [1.29, 1.82) is 0 Å². The molecule has 6 heteroatoms. The summed E-state index contributed by atoms with van der Waals surface area (Å²) in [6.07, 6.45) is 3.31. The first kappa shape index (κ1) is 13.5. The Morgan fingerprint density at radius 2 is 2.06 bits per heavy atom. The SMILES string of the molecule is CCN(CC(=O)O)C(=O)CSc1ccncc1. The average molecular weight is 254 g/mol. The van der Waals surface area contributed by atoms with E-state index < -0.39 is 5.97 Å². The maximum absolute atomic E-state index is 11.7. The Labute approximate surface area is 104 Å². The molecule has 0 radical (unpaired) electrons. The van der Waals surface area contributed by atoms with Crippen LogP contribution in [0.1, 0.15) is 6.92 Å². The second-order valence-electron chi connectivity index (χ2n) is 3.27. The second kappa shape index (κ2) is 6.90. The summed E-state index contributed by atoms with van der Waals surface area (Å²) >= 11 is 1.38. The molecular weight excluding hydrogens is 240 g/mol. The van der Waals surface area contributed by atoms with Crippen molar-refractivity contribution < 1.29 is 14.7 Å². The Hall–Kier alpha value is -1.56. The van der Waals surface area contributed by atoms with Crippen LogP contribution in [0.25, 0.3) is 0 Å². The predicted molar refractivity (Wildman–Crippen MR) is 64.9 cm³/mol. The highest BCUT2D eigenvalue weighted by Crippen LogP contribution is 2.16. The van der Waals surface area contributed by atoms with Crippen molar-refractivity contribution in [2.24, 2.45) is 0 Å². The molecule has 0 aliphatic heterocycles. The Bertz CT molecular complexity index is 384. The lowest BCUT2D eigenvalue weighted by atomic mass is 10.4. The summed E-state index contributed by atoms with van der Waals surface area (Å²) in [6, 6.07) is 3.62. The van der Waals surface area contributed by atoms with Gasteiger partial charge in [0.05, 0.1) is 5.75 Å². The quantitative estimate of drug-likeness (QED) is 0.770. The Kier molecular flexibility index (Phi) is 5.48. The van der Waals surface area contributed by atoms with Gasteiger partial charge in [-0.25, -0.2) is 0 Å².